The SMILES string of the molecule is O=C(NCc1cc2cnccc2[nH]1)[C@@H]1CCc2c(Cl)nc(NCc3cccc(CO)c3)c(=O)n21. The summed E-state index contributed by atoms with van der Waals surface area (Å²) in [6.07, 6.45) is 4.43. The average Bonchev–Trinajstić information content (AvgIpc) is 3.49. The number of fused-ring (bicyclic) bond motifs is 2. The molecule has 4 aromatic rings. The summed E-state index contributed by atoms with van der Waals surface area (Å²) in [5, 5.41) is 16.5. The molecule has 0 bridgehead atoms. The first-order valence-electron chi connectivity index (χ1n) is 11.0. The maximum Gasteiger partial charge on any atom is 0.294 e. The maximum atomic E-state index is 13.2. The Hall–Kier alpha value is -3.69. The van der Waals surface area contributed by atoms with Crippen LogP contribution in [0.2, 0.25) is 5.15 Å². The van der Waals surface area contributed by atoms with Gasteiger partial charge in [-0.05, 0) is 36.1 Å². The smallest absolute Gasteiger partial charge is 0.294 e. The first-order chi connectivity index (χ1) is 16.5. The number of aromatic amines is 1. The summed E-state index contributed by atoms with van der Waals surface area (Å²) in [7, 11) is 0. The molecule has 9 nitrogen and oxygen atoms in total. The molecule has 0 spiro atoms. The number of aliphatic hydroxyl groups excluding tert-OH is 1. The number of carbonyl (C=O) groups excluding carboxylic acids is 1. The van der Waals surface area contributed by atoms with Gasteiger partial charge in [0.2, 0.25) is 5.91 Å². The summed E-state index contributed by atoms with van der Waals surface area (Å²) in [5.41, 5.74) is 3.64. The van der Waals surface area contributed by atoms with Crippen LogP contribution in [0.25, 0.3) is 10.9 Å². The number of amides is 1. The van der Waals surface area contributed by atoms with Crippen molar-refractivity contribution >= 4 is 34.2 Å². The van der Waals surface area contributed by atoms with Gasteiger partial charge in [0.1, 0.15) is 6.04 Å². The fourth-order valence-corrected chi connectivity index (χ4v) is 4.59. The second-order valence-electron chi connectivity index (χ2n) is 8.23. The number of hydrogen-bond donors (Lipinski definition) is 4. The van der Waals surface area contributed by atoms with Crippen LogP contribution >= 0.6 is 11.6 Å². The molecule has 0 saturated heterocycles. The van der Waals surface area contributed by atoms with E-state index in [9.17, 15) is 14.7 Å². The predicted octanol–water partition coefficient (Wildman–Crippen LogP) is 2.68. The van der Waals surface area contributed by atoms with Gasteiger partial charge < -0.3 is 20.7 Å². The van der Waals surface area contributed by atoms with Crippen LogP contribution in [0, 0.1) is 0 Å². The van der Waals surface area contributed by atoms with E-state index in [-0.39, 0.29) is 29.0 Å². The molecule has 3 aromatic heterocycles. The summed E-state index contributed by atoms with van der Waals surface area (Å²) < 4.78 is 1.45. The number of rotatable bonds is 7. The van der Waals surface area contributed by atoms with E-state index >= 15 is 0 Å². The van der Waals surface area contributed by atoms with Crippen molar-refractivity contribution in [2.75, 3.05) is 5.32 Å². The third-order valence-corrected chi connectivity index (χ3v) is 6.30. The molecule has 0 fully saturated rings. The zero-order valence-corrected chi connectivity index (χ0v) is 19.0. The van der Waals surface area contributed by atoms with E-state index in [4.69, 9.17) is 11.6 Å². The molecule has 0 radical (unpaired) electrons. The Morgan fingerprint density at radius 3 is 2.91 bits per heavy atom. The van der Waals surface area contributed by atoms with Crippen molar-refractivity contribution < 1.29 is 9.90 Å². The number of pyridine rings is 1. The fourth-order valence-electron chi connectivity index (χ4n) is 4.32. The first-order valence-corrected chi connectivity index (χ1v) is 11.3. The van der Waals surface area contributed by atoms with Crippen molar-refractivity contribution in [1.29, 1.82) is 0 Å². The van der Waals surface area contributed by atoms with E-state index in [1.165, 1.54) is 4.57 Å². The number of anilines is 1. The minimum atomic E-state index is -0.660. The fraction of sp³-hybridized carbons (Fsp3) is 0.250. The number of hydrogen-bond acceptors (Lipinski definition) is 6. The molecule has 1 amide bonds. The van der Waals surface area contributed by atoms with Crippen LogP contribution in [0.4, 0.5) is 5.82 Å². The van der Waals surface area contributed by atoms with Gasteiger partial charge in [-0.1, -0.05) is 35.9 Å². The van der Waals surface area contributed by atoms with Gasteiger partial charge in [-0.3, -0.25) is 19.1 Å². The summed E-state index contributed by atoms with van der Waals surface area (Å²) >= 11 is 6.38. The lowest BCUT2D eigenvalue weighted by atomic mass is 10.1. The van der Waals surface area contributed by atoms with Gasteiger partial charge >= 0.3 is 0 Å². The van der Waals surface area contributed by atoms with Crippen molar-refractivity contribution in [2.45, 2.75) is 38.6 Å². The van der Waals surface area contributed by atoms with Crippen molar-refractivity contribution in [3.8, 4) is 0 Å². The Labute approximate surface area is 199 Å². The normalized spacial score (nSPS) is 14.8. The molecule has 34 heavy (non-hydrogen) atoms. The third kappa shape index (κ3) is 4.27. The molecule has 0 aliphatic carbocycles. The van der Waals surface area contributed by atoms with Crippen LogP contribution in [0.3, 0.4) is 0 Å². The Balaban J connectivity index is 1.33. The van der Waals surface area contributed by atoms with Crippen molar-refractivity contribution in [1.82, 2.24) is 24.8 Å². The van der Waals surface area contributed by atoms with E-state index in [1.807, 2.05) is 36.4 Å². The number of benzene rings is 1. The minimum Gasteiger partial charge on any atom is -0.392 e. The molecule has 0 unspecified atom stereocenters. The van der Waals surface area contributed by atoms with Gasteiger partial charge in [0.05, 0.1) is 18.8 Å². The Morgan fingerprint density at radius 1 is 1.24 bits per heavy atom. The van der Waals surface area contributed by atoms with Gasteiger partial charge in [-0.2, -0.15) is 0 Å². The highest BCUT2D eigenvalue weighted by molar-refractivity contribution is 6.30. The van der Waals surface area contributed by atoms with Crippen LogP contribution in [0.5, 0.6) is 0 Å². The summed E-state index contributed by atoms with van der Waals surface area (Å²) in [6, 6.07) is 10.5. The Morgan fingerprint density at radius 2 is 2.09 bits per heavy atom. The summed E-state index contributed by atoms with van der Waals surface area (Å²) in [6.45, 7) is 0.572. The number of aliphatic hydroxyl groups is 1. The third-order valence-electron chi connectivity index (χ3n) is 5.99. The highest BCUT2D eigenvalue weighted by atomic mass is 35.5. The van der Waals surface area contributed by atoms with Crippen molar-refractivity contribution in [2.24, 2.45) is 0 Å². The largest absolute Gasteiger partial charge is 0.392 e. The van der Waals surface area contributed by atoms with Gasteiger partial charge in [-0.15, -0.1) is 0 Å². The first kappa shape index (κ1) is 22.1. The number of H-pyrrole nitrogens is 1. The molecule has 4 heterocycles. The Bertz CT molecular complexity index is 1400. The number of halogens is 1. The summed E-state index contributed by atoms with van der Waals surface area (Å²) in [4.78, 5) is 37.8. The standard InChI is InChI=1S/C24H23ClN6O3/c25-21-19-4-5-20(23(33)28-12-17-9-16-11-26-7-6-18(16)29-17)31(19)24(34)22(30-21)27-10-14-2-1-3-15(8-14)13-32/h1-3,6-9,11,20,29,32H,4-5,10,12-13H2,(H,27,30)(H,28,33)/t20-/m0/s1. The van der Waals surface area contributed by atoms with Crippen LogP contribution < -0.4 is 16.2 Å². The number of nitrogens with one attached hydrogen (secondary N) is 3. The minimum absolute atomic E-state index is 0.0639. The lowest BCUT2D eigenvalue weighted by Gasteiger charge is -2.16. The molecule has 10 heteroatoms. The summed E-state index contributed by atoms with van der Waals surface area (Å²) in [5.74, 6) is -0.160. The average molecular weight is 479 g/mol. The zero-order chi connectivity index (χ0) is 23.7. The van der Waals surface area contributed by atoms with Crippen molar-refractivity contribution in [3.63, 3.8) is 0 Å². The molecular formula is C24H23ClN6O3. The predicted molar refractivity (Wildman–Crippen MR) is 128 cm³/mol. The monoisotopic (exact) mass is 478 g/mol. The van der Waals surface area contributed by atoms with E-state index in [0.717, 1.165) is 27.7 Å². The highest BCUT2D eigenvalue weighted by Gasteiger charge is 2.32. The molecule has 1 aliphatic heterocycles. The van der Waals surface area contributed by atoms with Crippen LogP contribution in [0.1, 0.15) is 35.0 Å². The molecular weight excluding hydrogens is 456 g/mol. The molecule has 174 valence electrons. The van der Waals surface area contributed by atoms with Crippen LogP contribution in [-0.2, 0) is 30.9 Å². The second-order valence-corrected chi connectivity index (χ2v) is 8.59. The Kier molecular flexibility index (Phi) is 6.04. The van der Waals surface area contributed by atoms with Gasteiger partial charge in [-0.25, -0.2) is 4.98 Å². The van der Waals surface area contributed by atoms with Gasteiger partial charge in [0, 0.05) is 35.5 Å². The van der Waals surface area contributed by atoms with Gasteiger partial charge in [0.25, 0.3) is 5.56 Å². The van der Waals surface area contributed by atoms with E-state index in [1.54, 1.807) is 12.4 Å². The maximum absolute atomic E-state index is 13.2. The molecule has 1 aromatic carbocycles. The van der Waals surface area contributed by atoms with E-state index in [2.05, 4.69) is 25.6 Å². The molecule has 0 saturated carbocycles. The molecule has 5 rings (SSSR count). The number of nitrogens with zero attached hydrogens (tertiary/aromatic N) is 3. The molecule has 1 aliphatic rings. The number of carbonyl (C=O) groups is 1. The molecule has 4 N–H and O–H groups in total. The van der Waals surface area contributed by atoms with Crippen LogP contribution in [0.15, 0.2) is 53.6 Å². The van der Waals surface area contributed by atoms with Gasteiger partial charge in [0.15, 0.2) is 11.0 Å². The topological polar surface area (TPSA) is 125 Å². The second kappa shape index (κ2) is 9.28. The van der Waals surface area contributed by atoms with Crippen LogP contribution in [-0.4, -0.2) is 30.5 Å². The lowest BCUT2D eigenvalue weighted by Crippen LogP contribution is -2.36. The number of aromatic nitrogens is 4. The quantitative estimate of drug-likeness (QED) is 0.323. The zero-order valence-electron chi connectivity index (χ0n) is 18.2. The highest BCUT2D eigenvalue weighted by Crippen LogP contribution is 2.29. The van der Waals surface area contributed by atoms with E-state index < -0.39 is 6.04 Å². The lowest BCUT2D eigenvalue weighted by molar-refractivity contribution is -0.124. The van der Waals surface area contributed by atoms with E-state index in [0.29, 0.717) is 31.6 Å². The van der Waals surface area contributed by atoms with Crippen molar-refractivity contribution in [3.05, 3.63) is 86.8 Å². The molecule has 1 atom stereocenters.